The van der Waals surface area contributed by atoms with Gasteiger partial charge in [-0.25, -0.2) is 0 Å². The minimum Gasteiger partial charge on any atom is -0.316 e. The Balaban J connectivity index is 0.00000121. The summed E-state index contributed by atoms with van der Waals surface area (Å²) in [5, 5.41) is 3.46. The van der Waals surface area contributed by atoms with Crippen LogP contribution in [0.2, 0.25) is 0 Å². The van der Waals surface area contributed by atoms with Gasteiger partial charge in [0.15, 0.2) is 0 Å². The molecule has 1 aliphatic rings. The summed E-state index contributed by atoms with van der Waals surface area (Å²) in [5.41, 5.74) is 0. The van der Waals surface area contributed by atoms with Crippen molar-refractivity contribution >= 4 is 12.4 Å². The zero-order chi connectivity index (χ0) is 7.94. The number of piperidine rings is 1. The van der Waals surface area contributed by atoms with Crippen LogP contribution in [0.25, 0.3) is 0 Å². The van der Waals surface area contributed by atoms with Gasteiger partial charge in [-0.1, -0.05) is 26.2 Å². The van der Waals surface area contributed by atoms with Gasteiger partial charge in [0.1, 0.15) is 0 Å². The van der Waals surface area contributed by atoms with Crippen LogP contribution in [0.1, 0.15) is 45.4 Å². The van der Waals surface area contributed by atoms with E-state index in [4.69, 9.17) is 0 Å². The van der Waals surface area contributed by atoms with Crippen LogP contribution in [0.4, 0.5) is 0 Å². The van der Waals surface area contributed by atoms with Crippen molar-refractivity contribution in [3.05, 3.63) is 0 Å². The molecule has 2 heteroatoms. The third kappa shape index (κ3) is 5.00. The summed E-state index contributed by atoms with van der Waals surface area (Å²) in [4.78, 5) is 0. The first kappa shape index (κ1) is 12.2. The lowest BCUT2D eigenvalue weighted by atomic mass is 9.94. The molecule has 0 aromatic carbocycles. The van der Waals surface area contributed by atoms with Crippen LogP contribution in [0, 0.1) is 5.92 Å². The first-order chi connectivity index (χ1) is 5.43. The van der Waals surface area contributed by atoms with Gasteiger partial charge in [-0.3, -0.25) is 0 Å². The van der Waals surface area contributed by atoms with E-state index in [1.54, 1.807) is 0 Å². The smallest absolute Gasteiger partial charge is 0.00205 e. The van der Waals surface area contributed by atoms with Crippen molar-refractivity contribution in [3.63, 3.8) is 0 Å². The Morgan fingerprint density at radius 2 is 2.17 bits per heavy atom. The summed E-state index contributed by atoms with van der Waals surface area (Å²) in [6.07, 6.45) is 8.56. The molecule has 1 saturated heterocycles. The van der Waals surface area contributed by atoms with Crippen LogP contribution >= 0.6 is 12.4 Å². The van der Waals surface area contributed by atoms with Crippen LogP contribution in [0.5, 0.6) is 0 Å². The zero-order valence-electron chi connectivity index (χ0n) is 8.14. The molecular formula is C10H22ClN. The largest absolute Gasteiger partial charge is 0.316 e. The Bertz CT molecular complexity index is 89.8. The van der Waals surface area contributed by atoms with Crippen LogP contribution in [0.3, 0.4) is 0 Å². The summed E-state index contributed by atoms with van der Waals surface area (Å²) in [7, 11) is 0. The molecule has 1 nitrogen and oxygen atoms in total. The van der Waals surface area contributed by atoms with Crippen LogP contribution in [-0.2, 0) is 0 Å². The molecule has 0 amide bonds. The molecule has 0 radical (unpaired) electrons. The molecule has 1 atom stereocenters. The lowest BCUT2D eigenvalue weighted by Gasteiger charge is -2.22. The third-order valence-corrected chi connectivity index (χ3v) is 2.61. The predicted molar refractivity (Wildman–Crippen MR) is 57.0 cm³/mol. The molecule has 0 saturated carbocycles. The van der Waals surface area contributed by atoms with E-state index >= 15 is 0 Å². The summed E-state index contributed by atoms with van der Waals surface area (Å²) in [5.74, 6) is 0.996. The second-order valence-electron chi connectivity index (χ2n) is 3.71. The maximum atomic E-state index is 3.46. The summed E-state index contributed by atoms with van der Waals surface area (Å²) >= 11 is 0. The van der Waals surface area contributed by atoms with Crippen molar-refractivity contribution in [1.82, 2.24) is 5.32 Å². The molecule has 0 bridgehead atoms. The number of rotatable bonds is 4. The van der Waals surface area contributed by atoms with Crippen molar-refractivity contribution in [2.45, 2.75) is 45.4 Å². The molecule has 1 aliphatic heterocycles. The molecule has 12 heavy (non-hydrogen) atoms. The van der Waals surface area contributed by atoms with E-state index in [0.29, 0.717) is 0 Å². The SMILES string of the molecule is CCCCC[C@@H]1CCCNC1.Cl. The summed E-state index contributed by atoms with van der Waals surface area (Å²) < 4.78 is 0. The monoisotopic (exact) mass is 191 g/mol. The molecule has 0 aromatic heterocycles. The normalized spacial score (nSPS) is 23.2. The molecule has 0 unspecified atom stereocenters. The van der Waals surface area contributed by atoms with Crippen LogP contribution in [0.15, 0.2) is 0 Å². The number of nitrogens with one attached hydrogen (secondary N) is 1. The standard InChI is InChI=1S/C10H21N.ClH/c1-2-3-4-6-10-7-5-8-11-9-10;/h10-11H,2-9H2,1H3;1H/t10-;/m1./s1. The summed E-state index contributed by atoms with van der Waals surface area (Å²) in [6, 6.07) is 0. The number of unbranched alkanes of at least 4 members (excludes halogenated alkanes) is 2. The van der Waals surface area contributed by atoms with E-state index in [1.165, 1.54) is 51.6 Å². The minimum atomic E-state index is 0. The van der Waals surface area contributed by atoms with E-state index < -0.39 is 0 Å². The van der Waals surface area contributed by atoms with E-state index in [2.05, 4.69) is 12.2 Å². The fourth-order valence-corrected chi connectivity index (χ4v) is 1.85. The van der Waals surface area contributed by atoms with E-state index in [1.807, 2.05) is 0 Å². The zero-order valence-corrected chi connectivity index (χ0v) is 8.96. The number of hydrogen-bond donors (Lipinski definition) is 1. The van der Waals surface area contributed by atoms with E-state index in [9.17, 15) is 0 Å². The minimum absolute atomic E-state index is 0. The Kier molecular flexibility index (Phi) is 8.04. The van der Waals surface area contributed by atoms with Gasteiger partial charge in [-0.2, -0.15) is 0 Å². The van der Waals surface area contributed by atoms with Gasteiger partial charge in [0.05, 0.1) is 0 Å². The van der Waals surface area contributed by atoms with E-state index in [-0.39, 0.29) is 12.4 Å². The lowest BCUT2D eigenvalue weighted by molar-refractivity contribution is 0.347. The van der Waals surface area contributed by atoms with Gasteiger partial charge in [0.2, 0.25) is 0 Å². The Labute approximate surface area is 82.7 Å². The van der Waals surface area contributed by atoms with Crippen LogP contribution < -0.4 is 5.32 Å². The molecule has 0 aliphatic carbocycles. The molecule has 1 heterocycles. The highest BCUT2D eigenvalue weighted by Crippen LogP contribution is 2.17. The number of halogens is 1. The highest BCUT2D eigenvalue weighted by Gasteiger charge is 2.11. The van der Waals surface area contributed by atoms with Gasteiger partial charge in [0, 0.05) is 0 Å². The second kappa shape index (κ2) is 7.88. The molecular weight excluding hydrogens is 170 g/mol. The van der Waals surface area contributed by atoms with Gasteiger partial charge in [-0.15, -0.1) is 12.4 Å². The Morgan fingerprint density at radius 1 is 1.33 bits per heavy atom. The maximum absolute atomic E-state index is 3.46. The topological polar surface area (TPSA) is 12.0 Å². The van der Waals surface area contributed by atoms with Gasteiger partial charge < -0.3 is 5.32 Å². The van der Waals surface area contributed by atoms with Gasteiger partial charge in [-0.05, 0) is 38.3 Å². The molecule has 0 aromatic rings. The number of hydrogen-bond acceptors (Lipinski definition) is 1. The summed E-state index contributed by atoms with van der Waals surface area (Å²) in [6.45, 7) is 4.81. The van der Waals surface area contributed by atoms with Crippen molar-refractivity contribution in [1.29, 1.82) is 0 Å². The highest BCUT2D eigenvalue weighted by atomic mass is 35.5. The van der Waals surface area contributed by atoms with Crippen molar-refractivity contribution in [2.75, 3.05) is 13.1 Å². The quantitative estimate of drug-likeness (QED) is 0.674. The Hall–Kier alpha value is 0.250. The van der Waals surface area contributed by atoms with Crippen molar-refractivity contribution < 1.29 is 0 Å². The maximum Gasteiger partial charge on any atom is -0.00205 e. The molecule has 1 N–H and O–H groups in total. The first-order valence-corrected chi connectivity index (χ1v) is 5.14. The predicted octanol–water partition coefficient (Wildman–Crippen LogP) is 2.99. The van der Waals surface area contributed by atoms with Gasteiger partial charge in [0.25, 0.3) is 0 Å². The van der Waals surface area contributed by atoms with E-state index in [0.717, 1.165) is 5.92 Å². The average Bonchev–Trinajstić information content (AvgIpc) is 2.07. The fraction of sp³-hybridized carbons (Fsp3) is 1.00. The fourth-order valence-electron chi connectivity index (χ4n) is 1.85. The van der Waals surface area contributed by atoms with Gasteiger partial charge >= 0.3 is 0 Å². The molecule has 1 rings (SSSR count). The molecule has 1 fully saturated rings. The lowest BCUT2D eigenvalue weighted by Crippen LogP contribution is -2.29. The average molecular weight is 192 g/mol. The third-order valence-electron chi connectivity index (χ3n) is 2.61. The second-order valence-corrected chi connectivity index (χ2v) is 3.71. The van der Waals surface area contributed by atoms with Crippen molar-refractivity contribution in [2.24, 2.45) is 5.92 Å². The molecule has 74 valence electrons. The first-order valence-electron chi connectivity index (χ1n) is 5.14. The van der Waals surface area contributed by atoms with Crippen LogP contribution in [-0.4, -0.2) is 13.1 Å². The highest BCUT2D eigenvalue weighted by molar-refractivity contribution is 5.85. The molecule has 0 spiro atoms. The Morgan fingerprint density at radius 3 is 2.75 bits per heavy atom. The van der Waals surface area contributed by atoms with Crippen molar-refractivity contribution in [3.8, 4) is 0 Å².